The summed E-state index contributed by atoms with van der Waals surface area (Å²) < 4.78 is 8.69. The molecule has 0 saturated carbocycles. The molecule has 5 rings (SSSR count). The number of aryl methyl sites for hydroxylation is 1. The molecule has 37 heavy (non-hydrogen) atoms. The molecule has 0 bridgehead atoms. The summed E-state index contributed by atoms with van der Waals surface area (Å²) in [5, 5.41) is 2.36. The van der Waals surface area contributed by atoms with Crippen LogP contribution in [0.15, 0.2) is 23.0 Å². The zero-order valence-corrected chi connectivity index (χ0v) is 22.2. The Kier molecular flexibility index (Phi) is 6.42. The van der Waals surface area contributed by atoms with Gasteiger partial charge in [0.2, 0.25) is 11.8 Å². The summed E-state index contributed by atoms with van der Waals surface area (Å²) in [4.78, 5) is 53.9. The molecule has 1 unspecified atom stereocenters. The minimum atomic E-state index is -0.675. The van der Waals surface area contributed by atoms with E-state index in [1.165, 1.54) is 4.57 Å². The highest BCUT2D eigenvalue weighted by molar-refractivity contribution is 6.00. The van der Waals surface area contributed by atoms with Gasteiger partial charge < -0.3 is 14.5 Å². The van der Waals surface area contributed by atoms with Crippen molar-refractivity contribution in [3.63, 3.8) is 0 Å². The summed E-state index contributed by atoms with van der Waals surface area (Å²) in [7, 11) is 1.74. The van der Waals surface area contributed by atoms with Gasteiger partial charge in [-0.15, -0.1) is 0 Å². The first-order chi connectivity index (χ1) is 17.5. The maximum atomic E-state index is 13.1. The molecule has 1 aromatic carbocycles. The van der Waals surface area contributed by atoms with E-state index >= 15 is 0 Å². The standard InChI is InChI=1S/C27H37N5O5/c1-26(2,3)37-25(36)31-14-11-27(12-15-31)16-30(17-27)13-10-18-6-5-7-19-22(18)29(4)24(35)32(19)20-8-9-21(33)28-23(20)34/h5-7,20H,8-17H2,1-4H3,(H,28,33,34). The number of para-hydroxylation sites is 1. The van der Waals surface area contributed by atoms with Crippen LogP contribution in [0.4, 0.5) is 4.79 Å². The lowest BCUT2D eigenvalue weighted by molar-refractivity contribution is -0.135. The molecule has 3 aliphatic heterocycles. The second kappa shape index (κ2) is 9.31. The molecule has 1 N–H and O–H groups in total. The molecule has 4 heterocycles. The van der Waals surface area contributed by atoms with Crippen LogP contribution in [0.5, 0.6) is 0 Å². The SMILES string of the molecule is Cn1c(=O)n(C2CCC(=O)NC2=O)c2cccc(CCN3CC4(CCN(C(=O)OC(C)(C)C)CC4)C3)c21. The van der Waals surface area contributed by atoms with Gasteiger partial charge in [-0.1, -0.05) is 12.1 Å². The largest absolute Gasteiger partial charge is 0.444 e. The number of fused-ring (bicyclic) bond motifs is 1. The van der Waals surface area contributed by atoms with Crippen molar-refractivity contribution in [1.29, 1.82) is 0 Å². The van der Waals surface area contributed by atoms with Gasteiger partial charge in [0.1, 0.15) is 11.6 Å². The first-order valence-electron chi connectivity index (χ1n) is 13.2. The highest BCUT2D eigenvalue weighted by Crippen LogP contribution is 2.40. The molecule has 3 saturated heterocycles. The highest BCUT2D eigenvalue weighted by Gasteiger charge is 2.45. The number of hydrogen-bond donors (Lipinski definition) is 1. The van der Waals surface area contributed by atoms with Crippen molar-refractivity contribution in [3.8, 4) is 0 Å². The number of benzene rings is 1. The quantitative estimate of drug-likeness (QED) is 0.631. The number of ether oxygens (including phenoxy) is 1. The Balaban J connectivity index is 1.22. The van der Waals surface area contributed by atoms with Crippen LogP contribution < -0.4 is 11.0 Å². The molecule has 1 aromatic heterocycles. The van der Waals surface area contributed by atoms with Gasteiger partial charge in [0.15, 0.2) is 0 Å². The van der Waals surface area contributed by atoms with Crippen LogP contribution in [-0.4, -0.2) is 75.2 Å². The minimum absolute atomic E-state index is 0.221. The van der Waals surface area contributed by atoms with E-state index in [1.807, 2.05) is 43.9 Å². The average molecular weight is 512 g/mol. The number of amides is 3. The van der Waals surface area contributed by atoms with Crippen molar-refractivity contribution in [3.05, 3.63) is 34.2 Å². The number of nitrogens with zero attached hydrogens (tertiary/aromatic N) is 4. The van der Waals surface area contributed by atoms with E-state index in [4.69, 9.17) is 4.74 Å². The number of imidazole rings is 1. The van der Waals surface area contributed by atoms with Gasteiger partial charge in [-0.05, 0) is 63.5 Å². The van der Waals surface area contributed by atoms with Gasteiger partial charge in [0.05, 0.1) is 11.0 Å². The van der Waals surface area contributed by atoms with Crippen LogP contribution in [-0.2, 0) is 27.8 Å². The Morgan fingerprint density at radius 1 is 1.14 bits per heavy atom. The number of rotatable bonds is 4. The van der Waals surface area contributed by atoms with E-state index in [0.717, 1.165) is 68.6 Å². The van der Waals surface area contributed by atoms with Gasteiger partial charge in [-0.25, -0.2) is 9.59 Å². The predicted octanol–water partition coefficient (Wildman–Crippen LogP) is 2.19. The Morgan fingerprint density at radius 2 is 1.84 bits per heavy atom. The van der Waals surface area contributed by atoms with E-state index in [9.17, 15) is 19.2 Å². The molecule has 10 nitrogen and oxygen atoms in total. The van der Waals surface area contributed by atoms with E-state index in [-0.39, 0.29) is 29.5 Å². The summed E-state index contributed by atoms with van der Waals surface area (Å²) in [5.41, 5.74) is 2.20. The molecule has 3 amide bonds. The molecular weight excluding hydrogens is 474 g/mol. The summed E-state index contributed by atoms with van der Waals surface area (Å²) >= 11 is 0. The number of imide groups is 1. The van der Waals surface area contributed by atoms with Crippen LogP contribution >= 0.6 is 0 Å². The van der Waals surface area contributed by atoms with E-state index in [0.29, 0.717) is 6.42 Å². The van der Waals surface area contributed by atoms with E-state index < -0.39 is 17.6 Å². The Labute approximate surface area is 216 Å². The van der Waals surface area contributed by atoms with Gasteiger partial charge >= 0.3 is 11.8 Å². The van der Waals surface area contributed by atoms with E-state index in [2.05, 4.69) is 10.2 Å². The third kappa shape index (κ3) is 4.91. The first-order valence-corrected chi connectivity index (χ1v) is 13.2. The van der Waals surface area contributed by atoms with Crippen LogP contribution in [0.1, 0.15) is 58.1 Å². The van der Waals surface area contributed by atoms with Crippen molar-refractivity contribution >= 4 is 28.9 Å². The Hall–Kier alpha value is -3.14. The average Bonchev–Trinajstić information content (AvgIpc) is 3.06. The molecule has 3 fully saturated rings. The van der Waals surface area contributed by atoms with Crippen molar-refractivity contribution < 1.29 is 19.1 Å². The molecule has 1 spiro atoms. The van der Waals surface area contributed by atoms with Crippen molar-refractivity contribution in [2.45, 2.75) is 64.5 Å². The fourth-order valence-electron chi connectivity index (χ4n) is 6.10. The third-order valence-corrected chi connectivity index (χ3v) is 8.00. The molecule has 10 heteroatoms. The zero-order valence-electron chi connectivity index (χ0n) is 22.2. The summed E-state index contributed by atoms with van der Waals surface area (Å²) in [6.45, 7) is 10.1. The van der Waals surface area contributed by atoms with Crippen molar-refractivity contribution in [2.24, 2.45) is 12.5 Å². The molecule has 1 atom stereocenters. The lowest BCUT2D eigenvalue weighted by Crippen LogP contribution is -2.61. The lowest BCUT2D eigenvalue weighted by atomic mass is 9.72. The zero-order chi connectivity index (χ0) is 26.5. The van der Waals surface area contributed by atoms with Crippen LogP contribution in [0.25, 0.3) is 11.0 Å². The number of nitrogens with one attached hydrogen (secondary N) is 1. The van der Waals surface area contributed by atoms with Crippen LogP contribution in [0.3, 0.4) is 0 Å². The van der Waals surface area contributed by atoms with Crippen molar-refractivity contribution in [1.82, 2.24) is 24.3 Å². The van der Waals surface area contributed by atoms with Gasteiger partial charge in [-0.2, -0.15) is 0 Å². The maximum absolute atomic E-state index is 13.1. The monoisotopic (exact) mass is 511 g/mol. The fourth-order valence-corrected chi connectivity index (χ4v) is 6.10. The molecular formula is C27H37N5O5. The van der Waals surface area contributed by atoms with E-state index in [1.54, 1.807) is 11.6 Å². The van der Waals surface area contributed by atoms with Gasteiger partial charge in [-0.3, -0.25) is 24.0 Å². The molecule has 0 radical (unpaired) electrons. The Bertz CT molecular complexity index is 1290. The topological polar surface area (TPSA) is 106 Å². The van der Waals surface area contributed by atoms with Gasteiger partial charge in [0.25, 0.3) is 0 Å². The summed E-state index contributed by atoms with van der Waals surface area (Å²) in [5.74, 6) is -0.710. The lowest BCUT2D eigenvalue weighted by Gasteiger charge is -2.54. The predicted molar refractivity (Wildman–Crippen MR) is 138 cm³/mol. The molecule has 2 aromatic rings. The van der Waals surface area contributed by atoms with Crippen molar-refractivity contribution in [2.75, 3.05) is 32.7 Å². The number of carbonyl (C=O) groups excluding carboxylic acids is 3. The maximum Gasteiger partial charge on any atom is 0.410 e. The van der Waals surface area contributed by atoms with Crippen LogP contribution in [0.2, 0.25) is 0 Å². The van der Waals surface area contributed by atoms with Gasteiger partial charge in [0, 0.05) is 46.2 Å². The number of piperidine rings is 2. The summed E-state index contributed by atoms with van der Waals surface area (Å²) in [6.07, 6.45) is 3.11. The second-order valence-electron chi connectivity index (χ2n) is 11.9. The normalized spacial score (nSPS) is 22.3. The van der Waals surface area contributed by atoms with Crippen LogP contribution in [0, 0.1) is 5.41 Å². The molecule has 200 valence electrons. The second-order valence-corrected chi connectivity index (χ2v) is 11.9. The Morgan fingerprint density at radius 3 is 2.49 bits per heavy atom. The molecule has 3 aliphatic rings. The number of carbonyl (C=O) groups is 3. The fraction of sp³-hybridized carbons (Fsp3) is 0.630. The third-order valence-electron chi connectivity index (χ3n) is 8.00. The minimum Gasteiger partial charge on any atom is -0.444 e. The number of likely N-dealkylation sites (tertiary alicyclic amines) is 2. The number of aromatic nitrogens is 2. The molecule has 0 aliphatic carbocycles. The smallest absolute Gasteiger partial charge is 0.410 e. The summed E-state index contributed by atoms with van der Waals surface area (Å²) in [6, 6.07) is 5.18. The highest BCUT2D eigenvalue weighted by atomic mass is 16.6. The number of hydrogen-bond acceptors (Lipinski definition) is 6. The first kappa shape index (κ1) is 25.5.